The predicted molar refractivity (Wildman–Crippen MR) is 112 cm³/mol. The van der Waals surface area contributed by atoms with E-state index in [-0.39, 0.29) is 11.5 Å². The van der Waals surface area contributed by atoms with Crippen LogP contribution in [0.1, 0.15) is 30.9 Å². The van der Waals surface area contributed by atoms with E-state index in [0.717, 1.165) is 49.9 Å². The Hall–Kier alpha value is -2.60. The first-order valence-corrected chi connectivity index (χ1v) is 10.2. The number of aromatic hydroxyl groups is 2. The molecule has 0 aliphatic heterocycles. The minimum atomic E-state index is -0.0354. The summed E-state index contributed by atoms with van der Waals surface area (Å²) in [5.74, 6) is 1.95. The van der Waals surface area contributed by atoms with Crippen LogP contribution in [0, 0.1) is 0 Å². The Morgan fingerprint density at radius 2 is 1.76 bits per heavy atom. The van der Waals surface area contributed by atoms with E-state index in [1.807, 2.05) is 24.3 Å². The number of fused-ring (bicyclic) bond motifs is 1. The molecule has 6 nitrogen and oxygen atoms in total. The number of hydrogen-bond acceptors (Lipinski definition) is 6. The minimum Gasteiger partial charge on any atom is -0.504 e. The molecule has 0 bridgehead atoms. The van der Waals surface area contributed by atoms with Gasteiger partial charge in [0, 0.05) is 18.2 Å². The van der Waals surface area contributed by atoms with Crippen LogP contribution in [0.5, 0.6) is 28.7 Å². The molecule has 0 spiro atoms. The van der Waals surface area contributed by atoms with Crippen molar-refractivity contribution in [3.05, 3.63) is 41.5 Å². The fraction of sp³-hybridized carbons (Fsp3) is 0.478. The Kier molecular flexibility index (Phi) is 7.09. The number of phenols is 2. The summed E-state index contributed by atoms with van der Waals surface area (Å²) in [6, 6.07) is 9.49. The summed E-state index contributed by atoms with van der Waals surface area (Å²) in [6.45, 7) is 4.48. The molecule has 0 saturated carbocycles. The molecule has 29 heavy (non-hydrogen) atoms. The smallest absolute Gasteiger partial charge is 0.203 e. The third kappa shape index (κ3) is 4.70. The summed E-state index contributed by atoms with van der Waals surface area (Å²) in [6.07, 6.45) is 3.63. The minimum absolute atomic E-state index is 0.0354. The fourth-order valence-electron chi connectivity index (χ4n) is 4.10. The second-order valence-corrected chi connectivity index (χ2v) is 7.34. The molecular weight excluding hydrogens is 370 g/mol. The van der Waals surface area contributed by atoms with E-state index in [4.69, 9.17) is 14.2 Å². The molecule has 0 heterocycles. The van der Waals surface area contributed by atoms with Gasteiger partial charge in [-0.1, -0.05) is 19.1 Å². The number of methoxy groups -OCH3 is 2. The zero-order valence-corrected chi connectivity index (χ0v) is 17.5. The van der Waals surface area contributed by atoms with E-state index in [2.05, 4.69) is 11.8 Å². The van der Waals surface area contributed by atoms with Crippen LogP contribution >= 0.6 is 0 Å². The van der Waals surface area contributed by atoms with Crippen LogP contribution in [0.4, 0.5) is 0 Å². The summed E-state index contributed by atoms with van der Waals surface area (Å²) < 4.78 is 16.9. The lowest BCUT2D eigenvalue weighted by atomic mass is 9.86. The number of hydrogen-bond donors (Lipinski definition) is 2. The van der Waals surface area contributed by atoms with Gasteiger partial charge in [-0.2, -0.15) is 0 Å². The highest BCUT2D eigenvalue weighted by Crippen LogP contribution is 2.38. The normalized spacial score (nSPS) is 15.8. The monoisotopic (exact) mass is 401 g/mol. The van der Waals surface area contributed by atoms with Crippen LogP contribution < -0.4 is 14.2 Å². The van der Waals surface area contributed by atoms with Crippen molar-refractivity contribution in [1.82, 2.24) is 4.90 Å². The molecule has 0 fully saturated rings. The van der Waals surface area contributed by atoms with Gasteiger partial charge in [0.25, 0.3) is 0 Å². The van der Waals surface area contributed by atoms with Crippen molar-refractivity contribution in [1.29, 1.82) is 0 Å². The third-order valence-electron chi connectivity index (χ3n) is 5.58. The van der Waals surface area contributed by atoms with Crippen LogP contribution in [-0.2, 0) is 12.8 Å². The van der Waals surface area contributed by atoms with Gasteiger partial charge in [-0.25, -0.2) is 0 Å². The standard InChI is InChI=1S/C23H31NO5/c1-4-12-24(13-14-29-23-20(27-2)6-5-7-21(23)28-3)17-9-10-18-16(15-17)8-11-19(25)22(18)26/h5-8,11,17,25-26H,4,9-10,12-15H2,1-3H3. The molecule has 158 valence electrons. The summed E-state index contributed by atoms with van der Waals surface area (Å²) in [5, 5.41) is 19.9. The second-order valence-electron chi connectivity index (χ2n) is 7.34. The molecule has 0 aromatic heterocycles. The number of phenolic OH excluding ortho intramolecular Hbond substituents is 2. The molecule has 2 N–H and O–H groups in total. The molecule has 0 radical (unpaired) electrons. The van der Waals surface area contributed by atoms with Crippen molar-refractivity contribution in [2.24, 2.45) is 0 Å². The summed E-state index contributed by atoms with van der Waals surface area (Å²) in [4.78, 5) is 2.45. The van der Waals surface area contributed by atoms with E-state index in [1.54, 1.807) is 20.3 Å². The van der Waals surface area contributed by atoms with Gasteiger partial charge >= 0.3 is 0 Å². The highest BCUT2D eigenvalue weighted by Gasteiger charge is 2.26. The zero-order valence-electron chi connectivity index (χ0n) is 17.5. The fourth-order valence-corrected chi connectivity index (χ4v) is 4.10. The average molecular weight is 402 g/mol. The maximum absolute atomic E-state index is 10.1. The predicted octanol–water partition coefficient (Wildman–Crippen LogP) is 3.76. The van der Waals surface area contributed by atoms with Gasteiger partial charge in [0.15, 0.2) is 23.0 Å². The molecule has 2 aromatic rings. The number of rotatable bonds is 9. The first kappa shape index (κ1) is 21.1. The molecule has 2 aromatic carbocycles. The van der Waals surface area contributed by atoms with Gasteiger partial charge in [-0.15, -0.1) is 0 Å². The van der Waals surface area contributed by atoms with Crippen LogP contribution in [0.2, 0.25) is 0 Å². The van der Waals surface area contributed by atoms with Gasteiger partial charge in [0.2, 0.25) is 5.75 Å². The van der Waals surface area contributed by atoms with Crippen LogP contribution in [0.3, 0.4) is 0 Å². The first-order chi connectivity index (χ1) is 14.1. The highest BCUT2D eigenvalue weighted by atomic mass is 16.5. The van der Waals surface area contributed by atoms with Crippen molar-refractivity contribution in [2.45, 2.75) is 38.6 Å². The topological polar surface area (TPSA) is 71.4 Å². The number of ether oxygens (including phenoxy) is 3. The number of nitrogens with zero attached hydrogens (tertiary/aromatic N) is 1. The Bertz CT molecular complexity index is 801. The lowest BCUT2D eigenvalue weighted by Gasteiger charge is -2.35. The molecule has 0 saturated heterocycles. The number of para-hydroxylation sites is 1. The van der Waals surface area contributed by atoms with Crippen molar-refractivity contribution in [2.75, 3.05) is 33.9 Å². The van der Waals surface area contributed by atoms with Crippen molar-refractivity contribution in [3.63, 3.8) is 0 Å². The quantitative estimate of drug-likeness (QED) is 0.624. The van der Waals surface area contributed by atoms with Gasteiger partial charge < -0.3 is 24.4 Å². The molecule has 0 amide bonds. The Morgan fingerprint density at radius 1 is 1.03 bits per heavy atom. The molecule has 1 unspecified atom stereocenters. The number of benzene rings is 2. The van der Waals surface area contributed by atoms with E-state index < -0.39 is 0 Å². The molecule has 1 aliphatic carbocycles. The molecule has 3 rings (SSSR count). The third-order valence-corrected chi connectivity index (χ3v) is 5.58. The molecule has 1 atom stereocenters. The highest BCUT2D eigenvalue weighted by molar-refractivity contribution is 5.51. The summed E-state index contributed by atoms with van der Waals surface area (Å²) >= 11 is 0. The SMILES string of the molecule is CCCN(CCOc1c(OC)cccc1OC)C1CCc2c(ccc(O)c2O)C1. The van der Waals surface area contributed by atoms with Gasteiger partial charge in [0.1, 0.15) is 6.61 Å². The van der Waals surface area contributed by atoms with Crippen LogP contribution in [-0.4, -0.2) is 55.1 Å². The largest absolute Gasteiger partial charge is 0.504 e. The van der Waals surface area contributed by atoms with Crippen LogP contribution in [0.15, 0.2) is 30.3 Å². The average Bonchev–Trinajstić information content (AvgIpc) is 2.75. The van der Waals surface area contributed by atoms with Crippen LogP contribution in [0.25, 0.3) is 0 Å². The van der Waals surface area contributed by atoms with Crippen molar-refractivity contribution in [3.8, 4) is 28.7 Å². The Morgan fingerprint density at radius 3 is 2.41 bits per heavy atom. The van der Waals surface area contributed by atoms with E-state index in [0.29, 0.717) is 29.9 Å². The summed E-state index contributed by atoms with van der Waals surface area (Å²) in [7, 11) is 3.25. The Labute approximate surface area is 172 Å². The molecular formula is C23H31NO5. The lowest BCUT2D eigenvalue weighted by Crippen LogP contribution is -2.42. The van der Waals surface area contributed by atoms with Crippen molar-refractivity contribution >= 4 is 0 Å². The Balaban J connectivity index is 1.66. The maximum atomic E-state index is 10.1. The molecule has 1 aliphatic rings. The summed E-state index contributed by atoms with van der Waals surface area (Å²) in [5.41, 5.74) is 2.00. The lowest BCUT2D eigenvalue weighted by molar-refractivity contribution is 0.144. The zero-order chi connectivity index (χ0) is 20.8. The van der Waals surface area contributed by atoms with E-state index in [1.165, 1.54) is 0 Å². The maximum Gasteiger partial charge on any atom is 0.203 e. The van der Waals surface area contributed by atoms with E-state index >= 15 is 0 Å². The van der Waals surface area contributed by atoms with Crippen molar-refractivity contribution < 1.29 is 24.4 Å². The molecule has 6 heteroatoms. The van der Waals surface area contributed by atoms with Gasteiger partial charge in [0.05, 0.1) is 14.2 Å². The first-order valence-electron chi connectivity index (χ1n) is 10.2. The van der Waals surface area contributed by atoms with Gasteiger partial charge in [-0.05, 0) is 56.0 Å². The van der Waals surface area contributed by atoms with Gasteiger partial charge in [-0.3, -0.25) is 4.90 Å². The second kappa shape index (κ2) is 9.74. The van der Waals surface area contributed by atoms with E-state index in [9.17, 15) is 10.2 Å².